The minimum absolute atomic E-state index is 0.0583. The van der Waals surface area contributed by atoms with E-state index in [1.165, 1.54) is 16.7 Å². The molecule has 0 aliphatic rings. The standard InChI is InChI=1S/C38H45N3O5S2/c1-6-46-33-18-16-32(17-19-33)41(48(44,45)35-22-20-34(47-5)21-23-35)27-37(42)40(26-31-15-11-10-12-29(31)4)36(38(43)39-25-28(2)3)24-30-13-8-7-9-14-30/h7-23,28,36H,6,24-27H2,1-5H3,(H,39,43)/t36-/m0/s1. The van der Waals surface area contributed by atoms with Crippen LogP contribution in [0.25, 0.3) is 0 Å². The number of carbonyl (C=O) groups is 2. The van der Waals surface area contributed by atoms with Crippen LogP contribution in [-0.2, 0) is 32.6 Å². The minimum Gasteiger partial charge on any atom is -0.494 e. The first-order chi connectivity index (χ1) is 23.0. The molecule has 0 aliphatic carbocycles. The van der Waals surface area contributed by atoms with Crippen molar-refractivity contribution in [2.24, 2.45) is 5.92 Å². The normalized spacial score (nSPS) is 12.0. The lowest BCUT2D eigenvalue weighted by atomic mass is 10.0. The van der Waals surface area contributed by atoms with Gasteiger partial charge in [0.1, 0.15) is 18.3 Å². The summed E-state index contributed by atoms with van der Waals surface area (Å²) in [6.45, 7) is 8.34. The largest absolute Gasteiger partial charge is 0.494 e. The molecule has 0 fully saturated rings. The van der Waals surface area contributed by atoms with Gasteiger partial charge in [-0.2, -0.15) is 0 Å². The summed E-state index contributed by atoms with van der Waals surface area (Å²) in [6.07, 6.45) is 2.18. The van der Waals surface area contributed by atoms with Crippen molar-refractivity contribution in [1.82, 2.24) is 10.2 Å². The first-order valence-corrected chi connectivity index (χ1v) is 18.7. The number of hydrogen-bond acceptors (Lipinski definition) is 6. The van der Waals surface area contributed by atoms with Gasteiger partial charge in [-0.1, -0.05) is 68.4 Å². The molecule has 4 aromatic carbocycles. The molecule has 10 heteroatoms. The Morgan fingerprint density at radius 2 is 1.52 bits per heavy atom. The van der Waals surface area contributed by atoms with Crippen LogP contribution in [0.1, 0.15) is 37.5 Å². The van der Waals surface area contributed by atoms with Gasteiger partial charge in [-0.3, -0.25) is 13.9 Å². The number of aryl methyl sites for hydroxylation is 1. The molecule has 0 unspecified atom stereocenters. The third kappa shape index (κ3) is 9.64. The van der Waals surface area contributed by atoms with Crippen LogP contribution in [0.3, 0.4) is 0 Å². The molecule has 0 bridgehead atoms. The Bertz CT molecular complexity index is 1750. The number of hydrogen-bond donors (Lipinski definition) is 1. The second kappa shape index (κ2) is 17.2. The van der Waals surface area contributed by atoms with Crippen molar-refractivity contribution in [3.05, 3.63) is 120 Å². The van der Waals surface area contributed by atoms with Gasteiger partial charge >= 0.3 is 0 Å². The lowest BCUT2D eigenvalue weighted by molar-refractivity contribution is -0.140. The highest BCUT2D eigenvalue weighted by molar-refractivity contribution is 7.98. The molecule has 4 rings (SSSR count). The average Bonchev–Trinajstić information content (AvgIpc) is 3.09. The number of anilines is 1. The van der Waals surface area contributed by atoms with Crippen molar-refractivity contribution in [2.45, 2.75) is 56.5 Å². The summed E-state index contributed by atoms with van der Waals surface area (Å²) in [7, 11) is -4.20. The first-order valence-electron chi connectivity index (χ1n) is 16.1. The quantitative estimate of drug-likeness (QED) is 0.131. The molecule has 0 aromatic heterocycles. The van der Waals surface area contributed by atoms with Crippen molar-refractivity contribution in [1.29, 1.82) is 0 Å². The van der Waals surface area contributed by atoms with E-state index >= 15 is 0 Å². The molecule has 4 aromatic rings. The van der Waals surface area contributed by atoms with Gasteiger partial charge < -0.3 is 15.0 Å². The number of amides is 2. The molecule has 254 valence electrons. The number of ether oxygens (including phenoxy) is 1. The maximum absolute atomic E-state index is 14.7. The van der Waals surface area contributed by atoms with Gasteiger partial charge in [-0.15, -0.1) is 11.8 Å². The Kier molecular flexibility index (Phi) is 13.1. The predicted octanol–water partition coefficient (Wildman–Crippen LogP) is 6.72. The van der Waals surface area contributed by atoms with Gasteiger partial charge in [0.2, 0.25) is 11.8 Å². The molecule has 0 saturated heterocycles. The molecule has 48 heavy (non-hydrogen) atoms. The number of thioether (sulfide) groups is 1. The number of nitrogens with one attached hydrogen (secondary N) is 1. The fraction of sp³-hybridized carbons (Fsp3) is 0.316. The zero-order chi connectivity index (χ0) is 34.7. The summed E-state index contributed by atoms with van der Waals surface area (Å²) in [4.78, 5) is 31.1. The van der Waals surface area contributed by atoms with Crippen LogP contribution in [0, 0.1) is 12.8 Å². The molecular weight excluding hydrogens is 643 g/mol. The van der Waals surface area contributed by atoms with Crippen LogP contribution < -0.4 is 14.4 Å². The van der Waals surface area contributed by atoms with Crippen LogP contribution in [0.15, 0.2) is 113 Å². The smallest absolute Gasteiger partial charge is 0.264 e. The third-order valence-corrected chi connectivity index (χ3v) is 10.5. The van der Waals surface area contributed by atoms with Crippen molar-refractivity contribution in [3.8, 4) is 5.75 Å². The van der Waals surface area contributed by atoms with E-state index in [1.807, 2.05) is 88.5 Å². The zero-order valence-electron chi connectivity index (χ0n) is 28.3. The van der Waals surface area contributed by atoms with E-state index in [0.29, 0.717) is 24.6 Å². The van der Waals surface area contributed by atoms with E-state index < -0.39 is 28.5 Å². The van der Waals surface area contributed by atoms with Gasteiger partial charge in [0.05, 0.1) is 17.2 Å². The first kappa shape index (κ1) is 36.6. The Morgan fingerprint density at radius 1 is 0.875 bits per heavy atom. The SMILES string of the molecule is CCOc1ccc(N(CC(=O)N(Cc2ccccc2C)[C@@H](Cc2ccccc2)C(=O)NCC(C)C)S(=O)(=O)c2ccc(SC)cc2)cc1. The van der Waals surface area contributed by atoms with E-state index in [0.717, 1.165) is 25.9 Å². The summed E-state index contributed by atoms with van der Waals surface area (Å²) in [5.41, 5.74) is 3.01. The Balaban J connectivity index is 1.81. The second-order valence-electron chi connectivity index (χ2n) is 11.9. The van der Waals surface area contributed by atoms with Crippen molar-refractivity contribution < 1.29 is 22.7 Å². The second-order valence-corrected chi connectivity index (χ2v) is 14.6. The van der Waals surface area contributed by atoms with Crippen LogP contribution in [0.4, 0.5) is 5.69 Å². The van der Waals surface area contributed by atoms with Crippen LogP contribution >= 0.6 is 11.8 Å². The average molecular weight is 688 g/mol. The highest BCUT2D eigenvalue weighted by Crippen LogP contribution is 2.28. The Morgan fingerprint density at radius 3 is 2.12 bits per heavy atom. The van der Waals surface area contributed by atoms with Gasteiger partial charge in [0.25, 0.3) is 10.0 Å². The molecule has 2 amide bonds. The minimum atomic E-state index is -4.20. The lowest BCUT2D eigenvalue weighted by Crippen LogP contribution is -2.53. The number of sulfonamides is 1. The van der Waals surface area contributed by atoms with E-state index in [1.54, 1.807) is 48.5 Å². The summed E-state index contributed by atoms with van der Waals surface area (Å²) >= 11 is 1.51. The highest BCUT2D eigenvalue weighted by atomic mass is 32.2. The monoisotopic (exact) mass is 687 g/mol. The van der Waals surface area contributed by atoms with Crippen LogP contribution in [0.2, 0.25) is 0 Å². The van der Waals surface area contributed by atoms with Gasteiger partial charge in [-0.05, 0) is 91.2 Å². The van der Waals surface area contributed by atoms with E-state index in [9.17, 15) is 18.0 Å². The maximum atomic E-state index is 14.7. The van der Waals surface area contributed by atoms with E-state index in [-0.39, 0.29) is 29.7 Å². The Hall–Kier alpha value is -4.28. The van der Waals surface area contributed by atoms with Crippen molar-refractivity contribution >= 4 is 39.3 Å². The maximum Gasteiger partial charge on any atom is 0.264 e. The van der Waals surface area contributed by atoms with E-state index in [4.69, 9.17) is 4.74 Å². The summed E-state index contributed by atoms with van der Waals surface area (Å²) in [5.74, 6) is -0.0143. The molecular formula is C38H45N3O5S2. The molecule has 0 heterocycles. The molecule has 0 radical (unpaired) electrons. The number of rotatable bonds is 16. The molecule has 1 atom stereocenters. The molecule has 0 saturated carbocycles. The molecule has 1 N–H and O–H groups in total. The summed E-state index contributed by atoms with van der Waals surface area (Å²) in [5, 5.41) is 3.03. The fourth-order valence-corrected chi connectivity index (χ4v) is 7.05. The third-order valence-electron chi connectivity index (χ3n) is 7.92. The number of carbonyl (C=O) groups excluding carboxylic acids is 2. The van der Waals surface area contributed by atoms with Crippen LogP contribution in [-0.4, -0.2) is 57.1 Å². The number of nitrogens with zero attached hydrogens (tertiary/aromatic N) is 2. The van der Waals surface area contributed by atoms with E-state index in [2.05, 4.69) is 5.32 Å². The van der Waals surface area contributed by atoms with Crippen molar-refractivity contribution in [2.75, 3.05) is 30.3 Å². The van der Waals surface area contributed by atoms with Crippen molar-refractivity contribution in [3.63, 3.8) is 0 Å². The van der Waals surface area contributed by atoms with Crippen LogP contribution in [0.5, 0.6) is 5.75 Å². The predicted molar refractivity (Wildman–Crippen MR) is 194 cm³/mol. The summed E-state index contributed by atoms with van der Waals surface area (Å²) < 4.78 is 35.4. The summed E-state index contributed by atoms with van der Waals surface area (Å²) in [6, 6.07) is 29.6. The molecule has 8 nitrogen and oxygen atoms in total. The highest BCUT2D eigenvalue weighted by Gasteiger charge is 2.35. The topological polar surface area (TPSA) is 96.0 Å². The van der Waals surface area contributed by atoms with Gasteiger partial charge in [-0.25, -0.2) is 8.42 Å². The fourth-order valence-electron chi connectivity index (χ4n) is 5.23. The Labute approximate surface area is 289 Å². The zero-order valence-corrected chi connectivity index (χ0v) is 29.9. The lowest BCUT2D eigenvalue weighted by Gasteiger charge is -2.34. The van der Waals surface area contributed by atoms with Gasteiger partial charge in [0.15, 0.2) is 0 Å². The number of benzene rings is 4. The van der Waals surface area contributed by atoms with Gasteiger partial charge in [0, 0.05) is 24.4 Å². The molecule has 0 aliphatic heterocycles. The molecule has 0 spiro atoms.